The number of nitrogens with zero attached hydrogens (tertiary/aromatic N) is 1. The minimum Gasteiger partial charge on any atom is -0.497 e. The van der Waals surface area contributed by atoms with E-state index in [1.54, 1.807) is 19.4 Å². The van der Waals surface area contributed by atoms with Gasteiger partial charge in [-0.25, -0.2) is 9.37 Å². The fourth-order valence-electron chi connectivity index (χ4n) is 3.93. The molecular formula is C24H22ClFN4O3. The first-order valence-corrected chi connectivity index (χ1v) is 10.7. The Kier molecular flexibility index (Phi) is 5.60. The van der Waals surface area contributed by atoms with Crippen LogP contribution in [0.1, 0.15) is 11.1 Å². The molecular weight excluding hydrogens is 447 g/mol. The molecule has 9 heteroatoms. The van der Waals surface area contributed by atoms with Crippen LogP contribution in [0.3, 0.4) is 0 Å². The molecule has 1 atom stereocenters. The van der Waals surface area contributed by atoms with Gasteiger partial charge in [0.25, 0.3) is 0 Å². The third-order valence-electron chi connectivity index (χ3n) is 5.59. The van der Waals surface area contributed by atoms with E-state index in [0.717, 1.165) is 28.1 Å². The van der Waals surface area contributed by atoms with Crippen molar-refractivity contribution in [3.05, 3.63) is 70.8 Å². The predicted molar refractivity (Wildman–Crippen MR) is 126 cm³/mol. The van der Waals surface area contributed by atoms with Crippen LogP contribution in [0.4, 0.5) is 15.8 Å². The Hall–Kier alpha value is -3.65. The van der Waals surface area contributed by atoms with Crippen LogP contribution in [0.15, 0.2) is 48.8 Å². The number of hydrogen-bond acceptors (Lipinski definition) is 6. The van der Waals surface area contributed by atoms with Crippen molar-refractivity contribution < 1.29 is 18.6 Å². The summed E-state index contributed by atoms with van der Waals surface area (Å²) in [4.78, 5) is 7.35. The average molecular weight is 469 g/mol. The summed E-state index contributed by atoms with van der Waals surface area (Å²) in [5.41, 5.74) is 3.95. The van der Waals surface area contributed by atoms with E-state index >= 15 is 4.39 Å². The largest absolute Gasteiger partial charge is 0.497 e. The van der Waals surface area contributed by atoms with Gasteiger partial charge in [0.2, 0.25) is 0 Å². The maximum atomic E-state index is 15.0. The highest BCUT2D eigenvalue weighted by Gasteiger charge is 2.22. The molecule has 33 heavy (non-hydrogen) atoms. The lowest BCUT2D eigenvalue weighted by molar-refractivity contribution is 0.285. The van der Waals surface area contributed by atoms with Crippen molar-refractivity contribution in [1.29, 1.82) is 0 Å². The van der Waals surface area contributed by atoms with Crippen LogP contribution < -0.4 is 24.8 Å². The van der Waals surface area contributed by atoms with Crippen LogP contribution in [0.5, 0.6) is 17.2 Å². The summed E-state index contributed by atoms with van der Waals surface area (Å²) in [7, 11) is 3.16. The number of aromatic nitrogens is 2. The second-order valence-corrected chi connectivity index (χ2v) is 8.14. The molecule has 0 saturated heterocycles. The minimum absolute atomic E-state index is 0.178. The monoisotopic (exact) mass is 468 g/mol. The molecule has 0 amide bonds. The van der Waals surface area contributed by atoms with E-state index in [-0.39, 0.29) is 18.6 Å². The molecule has 7 nitrogen and oxygen atoms in total. The summed E-state index contributed by atoms with van der Waals surface area (Å²) in [6, 6.07) is 10.6. The zero-order chi connectivity index (χ0) is 22.9. The van der Waals surface area contributed by atoms with E-state index in [1.165, 1.54) is 13.2 Å². The molecule has 0 saturated carbocycles. The van der Waals surface area contributed by atoms with Gasteiger partial charge >= 0.3 is 0 Å². The number of H-pyrrole nitrogens is 1. The Labute approximate surface area is 194 Å². The predicted octanol–water partition coefficient (Wildman–Crippen LogP) is 5.21. The van der Waals surface area contributed by atoms with E-state index < -0.39 is 0 Å². The number of pyridine rings is 1. The second kappa shape index (κ2) is 8.71. The van der Waals surface area contributed by atoms with Gasteiger partial charge in [-0.1, -0.05) is 11.6 Å². The van der Waals surface area contributed by atoms with Gasteiger partial charge in [-0.15, -0.1) is 0 Å². The van der Waals surface area contributed by atoms with Crippen molar-refractivity contribution in [2.75, 3.05) is 31.5 Å². The molecule has 0 aliphatic carbocycles. The number of aromatic amines is 1. The standard InChI is InChI=1S/C24H22ClFN4O3/c1-31-16-3-4-19-20(8-16)30-23(29-19)12-33-22-9-18(26)13(6-21(22)32-2)5-14-10-27-24-17(14)7-15(25)11-28-24/h3-4,6-11,23,29-30H,5,12H2,1-2H3,(H,27,28). The summed E-state index contributed by atoms with van der Waals surface area (Å²) < 4.78 is 31.6. The van der Waals surface area contributed by atoms with Crippen molar-refractivity contribution in [2.24, 2.45) is 0 Å². The van der Waals surface area contributed by atoms with E-state index in [1.807, 2.05) is 30.5 Å². The first kappa shape index (κ1) is 21.2. The molecule has 1 aliphatic rings. The Bertz CT molecular complexity index is 1330. The van der Waals surface area contributed by atoms with Gasteiger partial charge in [0.05, 0.1) is 30.6 Å². The van der Waals surface area contributed by atoms with Gasteiger partial charge in [0.15, 0.2) is 11.5 Å². The lowest BCUT2D eigenvalue weighted by atomic mass is 10.0. The third kappa shape index (κ3) is 4.21. The van der Waals surface area contributed by atoms with Gasteiger partial charge in [-0.3, -0.25) is 0 Å². The number of methoxy groups -OCH3 is 2. The number of rotatable bonds is 7. The highest BCUT2D eigenvalue weighted by Crippen LogP contribution is 2.35. The quantitative estimate of drug-likeness (QED) is 0.345. The Balaban J connectivity index is 1.31. The Morgan fingerprint density at radius 3 is 2.67 bits per heavy atom. The van der Waals surface area contributed by atoms with Crippen molar-refractivity contribution in [3.63, 3.8) is 0 Å². The van der Waals surface area contributed by atoms with Crippen molar-refractivity contribution in [2.45, 2.75) is 12.6 Å². The Morgan fingerprint density at radius 1 is 1.00 bits per heavy atom. The van der Waals surface area contributed by atoms with Gasteiger partial charge in [0.1, 0.15) is 30.0 Å². The fourth-order valence-corrected chi connectivity index (χ4v) is 4.09. The first-order valence-electron chi connectivity index (χ1n) is 10.4. The van der Waals surface area contributed by atoms with E-state index in [4.69, 9.17) is 25.8 Å². The van der Waals surface area contributed by atoms with Crippen molar-refractivity contribution in [3.8, 4) is 17.2 Å². The lowest BCUT2D eigenvalue weighted by Crippen LogP contribution is -2.29. The number of anilines is 2. The van der Waals surface area contributed by atoms with Crippen molar-refractivity contribution in [1.82, 2.24) is 9.97 Å². The summed E-state index contributed by atoms with van der Waals surface area (Å²) >= 11 is 6.08. The van der Waals surface area contributed by atoms with E-state index in [2.05, 4.69) is 20.6 Å². The molecule has 0 bridgehead atoms. The second-order valence-electron chi connectivity index (χ2n) is 7.70. The fraction of sp³-hybridized carbons (Fsp3) is 0.208. The summed E-state index contributed by atoms with van der Waals surface area (Å²) in [6.07, 6.45) is 3.56. The number of hydrogen-bond donors (Lipinski definition) is 3. The molecule has 3 heterocycles. The van der Waals surface area contributed by atoms with Crippen LogP contribution in [0, 0.1) is 5.82 Å². The molecule has 1 unspecified atom stereocenters. The molecule has 170 valence electrons. The topological polar surface area (TPSA) is 80.4 Å². The number of benzene rings is 2. The zero-order valence-corrected chi connectivity index (χ0v) is 18.8. The maximum absolute atomic E-state index is 15.0. The maximum Gasteiger partial charge on any atom is 0.164 e. The molecule has 0 spiro atoms. The summed E-state index contributed by atoms with van der Waals surface area (Å²) in [5.74, 6) is 1.17. The Morgan fingerprint density at radius 2 is 1.85 bits per heavy atom. The molecule has 2 aromatic carbocycles. The average Bonchev–Trinajstić information content (AvgIpc) is 3.41. The summed E-state index contributed by atoms with van der Waals surface area (Å²) in [5, 5.41) is 8.03. The van der Waals surface area contributed by atoms with Gasteiger partial charge in [-0.2, -0.15) is 0 Å². The van der Waals surface area contributed by atoms with E-state index in [9.17, 15) is 0 Å². The minimum atomic E-state index is -0.379. The number of halogens is 2. The molecule has 3 N–H and O–H groups in total. The highest BCUT2D eigenvalue weighted by molar-refractivity contribution is 6.31. The molecule has 5 rings (SSSR count). The van der Waals surface area contributed by atoms with Gasteiger partial charge in [-0.05, 0) is 35.4 Å². The smallest absolute Gasteiger partial charge is 0.164 e. The normalized spacial score (nSPS) is 14.5. The number of fused-ring (bicyclic) bond motifs is 2. The van der Waals surface area contributed by atoms with E-state index in [0.29, 0.717) is 34.2 Å². The lowest BCUT2D eigenvalue weighted by Gasteiger charge is -2.17. The SMILES string of the molecule is COc1ccc2c(c1)NC(COc1cc(F)c(Cc3c[nH]c4ncc(Cl)cc34)cc1OC)N2. The molecule has 4 aromatic rings. The highest BCUT2D eigenvalue weighted by atomic mass is 35.5. The molecule has 1 aliphatic heterocycles. The first-order chi connectivity index (χ1) is 16.0. The van der Waals surface area contributed by atoms with Gasteiger partial charge < -0.3 is 29.8 Å². The van der Waals surface area contributed by atoms with Crippen LogP contribution in [0.2, 0.25) is 5.02 Å². The van der Waals surface area contributed by atoms with Crippen LogP contribution in [0.25, 0.3) is 11.0 Å². The molecule has 0 fully saturated rings. The zero-order valence-electron chi connectivity index (χ0n) is 18.0. The molecule has 0 radical (unpaired) electrons. The molecule has 2 aromatic heterocycles. The number of nitrogens with one attached hydrogen (secondary N) is 3. The summed E-state index contributed by atoms with van der Waals surface area (Å²) in [6.45, 7) is 0.263. The van der Waals surface area contributed by atoms with Crippen molar-refractivity contribution >= 4 is 34.0 Å². The van der Waals surface area contributed by atoms with Crippen LogP contribution in [-0.4, -0.2) is 37.0 Å². The van der Waals surface area contributed by atoms with Crippen LogP contribution >= 0.6 is 11.6 Å². The number of ether oxygens (including phenoxy) is 3. The third-order valence-corrected chi connectivity index (χ3v) is 5.80. The van der Waals surface area contributed by atoms with Crippen LogP contribution in [-0.2, 0) is 6.42 Å². The van der Waals surface area contributed by atoms with Gasteiger partial charge in [0, 0.05) is 36.3 Å².